The first-order valence-electron chi connectivity index (χ1n) is 6.52. The topological polar surface area (TPSA) is 94.0 Å². The maximum absolute atomic E-state index is 11.9. The van der Waals surface area contributed by atoms with E-state index >= 15 is 0 Å². The highest BCUT2D eigenvalue weighted by molar-refractivity contribution is 5.78. The molecule has 6 heteroatoms. The molecule has 1 aromatic rings. The van der Waals surface area contributed by atoms with Crippen LogP contribution in [-0.4, -0.2) is 29.1 Å². The summed E-state index contributed by atoms with van der Waals surface area (Å²) < 4.78 is 4.63. The summed E-state index contributed by atoms with van der Waals surface area (Å²) in [7, 11) is 0. The summed E-state index contributed by atoms with van der Waals surface area (Å²) in [5.74, 6) is 1.53. The summed E-state index contributed by atoms with van der Waals surface area (Å²) in [6.07, 6.45) is 5.95. The number of nitrogens with two attached hydrogens (primary N) is 1. The molecular formula is C12H20N4O2. The Morgan fingerprint density at radius 2 is 2.22 bits per heavy atom. The Labute approximate surface area is 106 Å². The van der Waals surface area contributed by atoms with Gasteiger partial charge in [-0.2, -0.15) is 4.98 Å². The lowest BCUT2D eigenvalue weighted by Crippen LogP contribution is -2.35. The molecule has 6 nitrogen and oxygen atoms in total. The maximum Gasteiger partial charge on any atom is 0.223 e. The fraction of sp³-hybridized carbons (Fsp3) is 0.750. The molecule has 0 saturated heterocycles. The molecule has 1 aliphatic carbocycles. The normalized spacial score (nSPS) is 23.8. The summed E-state index contributed by atoms with van der Waals surface area (Å²) in [6, 6.07) is 0. The quantitative estimate of drug-likeness (QED) is 0.795. The van der Waals surface area contributed by atoms with Crippen molar-refractivity contribution in [2.24, 2.45) is 17.6 Å². The molecule has 0 radical (unpaired) electrons. The van der Waals surface area contributed by atoms with Crippen molar-refractivity contribution in [3.05, 3.63) is 12.2 Å². The SMILES string of the molecule is NCC1CCC(C(=O)NCCc2ncon2)CC1. The number of nitrogens with one attached hydrogen (secondary N) is 1. The van der Waals surface area contributed by atoms with Gasteiger partial charge in [0.1, 0.15) is 0 Å². The van der Waals surface area contributed by atoms with Crippen LogP contribution < -0.4 is 11.1 Å². The van der Waals surface area contributed by atoms with Gasteiger partial charge in [0.2, 0.25) is 12.3 Å². The monoisotopic (exact) mass is 252 g/mol. The predicted molar refractivity (Wildman–Crippen MR) is 65.5 cm³/mol. The molecule has 1 heterocycles. The molecule has 2 rings (SSSR count). The van der Waals surface area contributed by atoms with Crippen molar-refractivity contribution in [1.82, 2.24) is 15.5 Å². The highest BCUT2D eigenvalue weighted by Gasteiger charge is 2.25. The first-order chi connectivity index (χ1) is 8.79. The van der Waals surface area contributed by atoms with Gasteiger partial charge in [-0.1, -0.05) is 5.16 Å². The van der Waals surface area contributed by atoms with Crippen molar-refractivity contribution >= 4 is 5.91 Å². The average Bonchev–Trinajstić information content (AvgIpc) is 2.92. The fourth-order valence-electron chi connectivity index (χ4n) is 2.40. The summed E-state index contributed by atoms with van der Waals surface area (Å²) in [5, 5.41) is 6.63. The van der Waals surface area contributed by atoms with Crippen LogP contribution in [-0.2, 0) is 11.2 Å². The zero-order valence-electron chi connectivity index (χ0n) is 10.5. The summed E-state index contributed by atoms with van der Waals surface area (Å²) in [4.78, 5) is 15.8. The number of hydrogen-bond acceptors (Lipinski definition) is 5. The van der Waals surface area contributed by atoms with Crippen LogP contribution in [0.15, 0.2) is 10.9 Å². The minimum Gasteiger partial charge on any atom is -0.355 e. The van der Waals surface area contributed by atoms with E-state index in [0.29, 0.717) is 24.7 Å². The number of hydrogen-bond donors (Lipinski definition) is 2. The fourth-order valence-corrected chi connectivity index (χ4v) is 2.40. The summed E-state index contributed by atoms with van der Waals surface area (Å²) >= 11 is 0. The maximum atomic E-state index is 11.9. The Balaban J connectivity index is 1.66. The van der Waals surface area contributed by atoms with E-state index in [1.165, 1.54) is 6.39 Å². The molecular weight excluding hydrogens is 232 g/mol. The number of rotatable bonds is 5. The Kier molecular flexibility index (Phi) is 4.69. The van der Waals surface area contributed by atoms with Crippen molar-refractivity contribution in [2.75, 3.05) is 13.1 Å². The first-order valence-corrected chi connectivity index (χ1v) is 6.52. The molecule has 0 atom stereocenters. The van der Waals surface area contributed by atoms with Crippen LogP contribution in [0.3, 0.4) is 0 Å². The lowest BCUT2D eigenvalue weighted by molar-refractivity contribution is -0.126. The minimum absolute atomic E-state index is 0.147. The van der Waals surface area contributed by atoms with Crippen molar-refractivity contribution in [1.29, 1.82) is 0 Å². The van der Waals surface area contributed by atoms with Crippen LogP contribution in [0, 0.1) is 11.8 Å². The van der Waals surface area contributed by atoms with E-state index in [4.69, 9.17) is 5.73 Å². The average molecular weight is 252 g/mol. The van der Waals surface area contributed by atoms with Crippen LogP contribution in [0.4, 0.5) is 0 Å². The van der Waals surface area contributed by atoms with Gasteiger partial charge in [0.05, 0.1) is 0 Å². The molecule has 1 fully saturated rings. The lowest BCUT2D eigenvalue weighted by Gasteiger charge is -2.26. The number of carbonyl (C=O) groups is 1. The van der Waals surface area contributed by atoms with E-state index in [0.717, 1.165) is 32.2 Å². The van der Waals surface area contributed by atoms with Gasteiger partial charge < -0.3 is 15.6 Å². The molecule has 0 spiro atoms. The van der Waals surface area contributed by atoms with Gasteiger partial charge in [0.15, 0.2) is 5.82 Å². The molecule has 1 aliphatic rings. The third-order valence-corrected chi connectivity index (χ3v) is 3.61. The standard InChI is InChI=1S/C12H20N4O2/c13-7-9-1-3-10(4-2-9)12(17)14-6-5-11-15-8-18-16-11/h8-10H,1-7,13H2,(H,14,17). The summed E-state index contributed by atoms with van der Waals surface area (Å²) in [6.45, 7) is 1.31. The largest absolute Gasteiger partial charge is 0.355 e. The van der Waals surface area contributed by atoms with Crippen molar-refractivity contribution < 1.29 is 9.32 Å². The van der Waals surface area contributed by atoms with E-state index in [2.05, 4.69) is 20.0 Å². The third kappa shape index (κ3) is 3.53. The van der Waals surface area contributed by atoms with Gasteiger partial charge in [-0.15, -0.1) is 0 Å². The van der Waals surface area contributed by atoms with Gasteiger partial charge in [-0.25, -0.2) is 0 Å². The van der Waals surface area contributed by atoms with E-state index in [1.807, 2.05) is 0 Å². The molecule has 1 saturated carbocycles. The smallest absolute Gasteiger partial charge is 0.223 e. The number of amides is 1. The molecule has 0 bridgehead atoms. The second kappa shape index (κ2) is 6.49. The van der Waals surface area contributed by atoms with Gasteiger partial charge in [-0.3, -0.25) is 4.79 Å². The Morgan fingerprint density at radius 1 is 1.44 bits per heavy atom. The Morgan fingerprint density at radius 3 is 2.83 bits per heavy atom. The third-order valence-electron chi connectivity index (χ3n) is 3.61. The highest BCUT2D eigenvalue weighted by Crippen LogP contribution is 2.27. The minimum atomic E-state index is 0.147. The van der Waals surface area contributed by atoms with Crippen LogP contribution >= 0.6 is 0 Å². The number of aromatic nitrogens is 2. The van der Waals surface area contributed by atoms with Gasteiger partial charge in [-0.05, 0) is 38.1 Å². The highest BCUT2D eigenvalue weighted by atomic mass is 16.5. The molecule has 3 N–H and O–H groups in total. The molecule has 0 aliphatic heterocycles. The molecule has 1 amide bonds. The molecule has 0 unspecified atom stereocenters. The zero-order chi connectivity index (χ0) is 12.8. The van der Waals surface area contributed by atoms with Gasteiger partial charge in [0.25, 0.3) is 0 Å². The van der Waals surface area contributed by atoms with Crippen LogP contribution in [0.25, 0.3) is 0 Å². The van der Waals surface area contributed by atoms with E-state index in [9.17, 15) is 4.79 Å². The van der Waals surface area contributed by atoms with Crippen LogP contribution in [0.5, 0.6) is 0 Å². The predicted octanol–water partition coefficient (Wildman–Crippen LogP) is 0.493. The van der Waals surface area contributed by atoms with Gasteiger partial charge >= 0.3 is 0 Å². The van der Waals surface area contributed by atoms with Crippen molar-refractivity contribution in [3.63, 3.8) is 0 Å². The molecule has 100 valence electrons. The molecule has 1 aromatic heterocycles. The van der Waals surface area contributed by atoms with Crippen molar-refractivity contribution in [2.45, 2.75) is 32.1 Å². The van der Waals surface area contributed by atoms with Crippen molar-refractivity contribution in [3.8, 4) is 0 Å². The molecule has 0 aromatic carbocycles. The second-order valence-electron chi connectivity index (χ2n) is 4.84. The molecule has 18 heavy (non-hydrogen) atoms. The number of nitrogens with zero attached hydrogens (tertiary/aromatic N) is 2. The Hall–Kier alpha value is -1.43. The Bertz CT molecular complexity index is 358. The van der Waals surface area contributed by atoms with Crippen LogP contribution in [0.2, 0.25) is 0 Å². The first kappa shape index (κ1) is 13.0. The second-order valence-corrected chi connectivity index (χ2v) is 4.84. The number of carbonyl (C=O) groups excluding carboxylic acids is 1. The van der Waals surface area contributed by atoms with E-state index in [1.54, 1.807) is 0 Å². The van der Waals surface area contributed by atoms with Crippen LogP contribution in [0.1, 0.15) is 31.5 Å². The summed E-state index contributed by atoms with van der Waals surface area (Å²) in [5.41, 5.74) is 5.64. The van der Waals surface area contributed by atoms with E-state index < -0.39 is 0 Å². The van der Waals surface area contributed by atoms with Gasteiger partial charge in [0, 0.05) is 18.9 Å². The lowest BCUT2D eigenvalue weighted by atomic mass is 9.81. The van der Waals surface area contributed by atoms with E-state index in [-0.39, 0.29) is 11.8 Å². The zero-order valence-corrected chi connectivity index (χ0v) is 10.5.